The van der Waals surface area contributed by atoms with E-state index < -0.39 is 10.8 Å². The molecule has 1 amide bonds. The molecule has 1 unspecified atom stereocenters. The Hall–Kier alpha value is -3.52. The van der Waals surface area contributed by atoms with Crippen molar-refractivity contribution in [3.8, 4) is 0 Å². The maximum atomic E-state index is 11.8. The number of hydrogen-bond donors (Lipinski definition) is 0. The monoisotopic (exact) mass is 503 g/mol. The smallest absolute Gasteiger partial charge is 0.214 e. The van der Waals surface area contributed by atoms with Gasteiger partial charge in [0, 0.05) is 47.8 Å². The van der Waals surface area contributed by atoms with E-state index in [1.165, 1.54) is 0 Å². The summed E-state index contributed by atoms with van der Waals surface area (Å²) in [4.78, 5) is 25.8. The van der Waals surface area contributed by atoms with Crippen molar-refractivity contribution in [2.24, 2.45) is 0 Å². The third-order valence-electron chi connectivity index (χ3n) is 6.23. The van der Waals surface area contributed by atoms with Crippen LogP contribution in [0.2, 0.25) is 0 Å². The summed E-state index contributed by atoms with van der Waals surface area (Å²) < 4.78 is 14.0. The second-order valence-corrected chi connectivity index (χ2v) is 10.0. The number of carbonyl (C=O) groups is 1. The molecular weight excluding hydrogens is 470 g/mol. The molecule has 36 heavy (non-hydrogen) atoms. The van der Waals surface area contributed by atoms with Gasteiger partial charge in [-0.3, -0.25) is 14.0 Å². The van der Waals surface area contributed by atoms with Crippen molar-refractivity contribution in [3.63, 3.8) is 0 Å². The normalized spacial score (nSPS) is 13.6. The number of benzene rings is 2. The van der Waals surface area contributed by atoms with E-state index in [4.69, 9.17) is 4.98 Å². The molecule has 2 aromatic carbocycles. The quantitative estimate of drug-likeness (QED) is 0.301. The van der Waals surface area contributed by atoms with Gasteiger partial charge >= 0.3 is 0 Å². The van der Waals surface area contributed by atoms with Gasteiger partial charge in [0.2, 0.25) is 6.41 Å². The van der Waals surface area contributed by atoms with E-state index in [2.05, 4.69) is 20.5 Å². The molecule has 8 heteroatoms. The average Bonchev–Trinajstić information content (AvgIpc) is 3.69. The lowest BCUT2D eigenvalue weighted by molar-refractivity contribution is -0.107. The Morgan fingerprint density at radius 3 is 2.44 bits per heavy atom. The number of aromatic nitrogens is 3. The molecule has 2 aromatic heterocycles. The lowest BCUT2D eigenvalue weighted by Crippen LogP contribution is -2.27. The van der Waals surface area contributed by atoms with Crippen LogP contribution in [0.3, 0.4) is 0 Å². The van der Waals surface area contributed by atoms with Crippen LogP contribution in [0.25, 0.3) is 11.0 Å². The Morgan fingerprint density at radius 1 is 1.06 bits per heavy atom. The van der Waals surface area contributed by atoms with Crippen LogP contribution in [0.4, 0.5) is 11.4 Å². The third-order valence-corrected chi connectivity index (χ3v) is 7.17. The molecule has 0 spiro atoms. The summed E-state index contributed by atoms with van der Waals surface area (Å²) >= 11 is 0. The van der Waals surface area contributed by atoms with Gasteiger partial charge in [-0.1, -0.05) is 38.1 Å². The standard InChI is InChI=1S/C26H27N5O2S.C2H6/c1-29(25-15-27-14-13-24(25)31(18-32)20-9-10-20)17-26-28-22-5-3-4-6-23(22)30(26)16-19-7-11-21(12-8-19)34(2)33;1-2/h3-8,11-15,18,20H,9-10,16-17H2,1-2H3;1-2H3. The Balaban J connectivity index is 0.00000148. The van der Waals surface area contributed by atoms with Crippen LogP contribution in [0.1, 0.15) is 38.1 Å². The van der Waals surface area contributed by atoms with Crippen molar-refractivity contribution >= 4 is 39.6 Å². The summed E-state index contributed by atoms with van der Waals surface area (Å²) in [6, 6.07) is 18.2. The highest BCUT2D eigenvalue weighted by Crippen LogP contribution is 2.36. The molecule has 7 nitrogen and oxygen atoms in total. The molecule has 0 saturated heterocycles. The van der Waals surface area contributed by atoms with Gasteiger partial charge in [0.15, 0.2) is 0 Å². The molecular formula is C28H33N5O2S. The van der Waals surface area contributed by atoms with Crippen molar-refractivity contribution in [2.75, 3.05) is 23.1 Å². The van der Waals surface area contributed by atoms with Crippen LogP contribution in [-0.4, -0.2) is 44.5 Å². The van der Waals surface area contributed by atoms with E-state index in [1.54, 1.807) is 12.5 Å². The highest BCUT2D eigenvalue weighted by Gasteiger charge is 2.31. The first-order chi connectivity index (χ1) is 17.5. The van der Waals surface area contributed by atoms with E-state index in [-0.39, 0.29) is 6.04 Å². The number of hydrogen-bond acceptors (Lipinski definition) is 5. The average molecular weight is 504 g/mol. The van der Waals surface area contributed by atoms with Crippen molar-refractivity contribution in [2.45, 2.75) is 50.7 Å². The van der Waals surface area contributed by atoms with Crippen LogP contribution in [-0.2, 0) is 28.7 Å². The lowest BCUT2D eigenvalue weighted by atomic mass is 10.2. The topological polar surface area (TPSA) is 71.3 Å². The Bertz CT molecular complexity index is 1350. The Labute approximate surface area is 215 Å². The highest BCUT2D eigenvalue weighted by atomic mass is 32.2. The van der Waals surface area contributed by atoms with Gasteiger partial charge in [-0.05, 0) is 48.7 Å². The molecule has 0 N–H and O–H groups in total. The third kappa shape index (κ3) is 5.49. The summed E-state index contributed by atoms with van der Waals surface area (Å²) in [5, 5.41) is 0. The van der Waals surface area contributed by atoms with Crippen LogP contribution < -0.4 is 9.80 Å². The summed E-state index contributed by atoms with van der Waals surface area (Å²) in [7, 11) is 1.01. The maximum absolute atomic E-state index is 11.8. The first kappa shape index (κ1) is 25.6. The Kier molecular flexibility index (Phi) is 8.15. The predicted octanol–water partition coefficient (Wildman–Crippen LogP) is 5.00. The molecule has 0 aliphatic heterocycles. The highest BCUT2D eigenvalue weighted by molar-refractivity contribution is 7.84. The van der Waals surface area contributed by atoms with Crippen LogP contribution in [0.15, 0.2) is 71.9 Å². The van der Waals surface area contributed by atoms with E-state index in [0.29, 0.717) is 13.1 Å². The first-order valence-electron chi connectivity index (χ1n) is 12.3. The van der Waals surface area contributed by atoms with Gasteiger partial charge in [-0.2, -0.15) is 0 Å². The van der Waals surface area contributed by atoms with E-state index >= 15 is 0 Å². The lowest BCUT2D eigenvalue weighted by Gasteiger charge is -2.26. The molecule has 0 bridgehead atoms. The molecule has 1 atom stereocenters. The molecule has 1 saturated carbocycles. The summed E-state index contributed by atoms with van der Waals surface area (Å²) in [6.07, 6.45) is 8.22. The number of pyridine rings is 1. The number of carbonyl (C=O) groups excluding carboxylic acids is 1. The number of nitrogens with zero attached hydrogens (tertiary/aromatic N) is 5. The Morgan fingerprint density at radius 2 is 1.78 bits per heavy atom. The molecule has 1 aliphatic rings. The van der Waals surface area contributed by atoms with Crippen LogP contribution in [0.5, 0.6) is 0 Å². The second kappa shape index (κ2) is 11.5. The minimum atomic E-state index is -0.998. The molecule has 2 heterocycles. The molecule has 4 aromatic rings. The van der Waals surface area contributed by atoms with Gasteiger partial charge < -0.3 is 14.4 Å². The number of fused-ring (bicyclic) bond motifs is 1. The molecule has 5 rings (SSSR count). The number of amides is 1. The number of anilines is 2. The van der Waals surface area contributed by atoms with Crippen LogP contribution in [0, 0.1) is 0 Å². The van der Waals surface area contributed by atoms with E-state index in [9.17, 15) is 9.00 Å². The van der Waals surface area contributed by atoms with Gasteiger partial charge in [-0.15, -0.1) is 0 Å². The van der Waals surface area contributed by atoms with E-state index in [0.717, 1.165) is 57.9 Å². The zero-order valence-corrected chi connectivity index (χ0v) is 22.1. The van der Waals surface area contributed by atoms with Crippen molar-refractivity contribution in [1.82, 2.24) is 14.5 Å². The number of rotatable bonds is 9. The second-order valence-electron chi connectivity index (χ2n) is 8.67. The van der Waals surface area contributed by atoms with Crippen molar-refractivity contribution < 1.29 is 9.00 Å². The molecule has 0 radical (unpaired) electrons. The molecule has 188 valence electrons. The number of para-hydroxylation sites is 2. The van der Waals surface area contributed by atoms with Gasteiger partial charge in [0.1, 0.15) is 5.82 Å². The molecule has 1 aliphatic carbocycles. The van der Waals surface area contributed by atoms with Crippen LogP contribution >= 0.6 is 0 Å². The largest absolute Gasteiger partial charge is 0.364 e. The minimum absolute atomic E-state index is 0.275. The summed E-state index contributed by atoms with van der Waals surface area (Å²) in [6.45, 7) is 5.21. The fourth-order valence-corrected chi connectivity index (χ4v) is 4.79. The molecule has 1 fully saturated rings. The van der Waals surface area contributed by atoms with Gasteiger partial charge in [-0.25, -0.2) is 4.98 Å². The maximum Gasteiger partial charge on any atom is 0.214 e. The summed E-state index contributed by atoms with van der Waals surface area (Å²) in [5.41, 5.74) is 4.89. The minimum Gasteiger partial charge on any atom is -0.364 e. The van der Waals surface area contributed by atoms with E-state index in [1.807, 2.05) is 80.5 Å². The predicted molar refractivity (Wildman–Crippen MR) is 147 cm³/mol. The SMILES string of the molecule is CC.CN(Cc1nc2ccccc2n1Cc1ccc(S(C)=O)cc1)c1cnccc1N(C=O)C1CC1. The zero-order chi connectivity index (χ0) is 25.7. The van der Waals surface area contributed by atoms with Crippen molar-refractivity contribution in [1.29, 1.82) is 0 Å². The zero-order valence-electron chi connectivity index (χ0n) is 21.3. The fourth-order valence-electron chi connectivity index (χ4n) is 4.27. The van der Waals surface area contributed by atoms with Gasteiger partial charge in [0.25, 0.3) is 0 Å². The first-order valence-corrected chi connectivity index (χ1v) is 13.9. The van der Waals surface area contributed by atoms with Crippen molar-refractivity contribution in [3.05, 3.63) is 78.4 Å². The number of imidazole rings is 1. The van der Waals surface area contributed by atoms with Gasteiger partial charge in [0.05, 0.1) is 35.1 Å². The fraction of sp³-hybridized carbons (Fsp3) is 0.321. The summed E-state index contributed by atoms with van der Waals surface area (Å²) in [5.74, 6) is 0.922.